The van der Waals surface area contributed by atoms with Gasteiger partial charge in [-0.3, -0.25) is 4.79 Å². The molecule has 0 aromatic heterocycles. The highest BCUT2D eigenvalue weighted by Crippen LogP contribution is 2.12. The molecule has 1 unspecified atom stereocenters. The molecule has 0 spiro atoms. The van der Waals surface area contributed by atoms with Gasteiger partial charge in [-0.2, -0.15) is 11.8 Å². The van der Waals surface area contributed by atoms with Crippen LogP contribution in [-0.2, 0) is 4.79 Å². The van der Waals surface area contributed by atoms with Crippen LogP contribution < -0.4 is 0 Å². The Bertz CT molecular complexity index is 115. The van der Waals surface area contributed by atoms with Crippen LogP contribution in [0, 0.1) is 5.92 Å². The number of aliphatic hydroxyl groups is 1. The number of thioether (sulfide) groups is 1. The van der Waals surface area contributed by atoms with Crippen molar-refractivity contribution in [3.8, 4) is 0 Å². The van der Waals surface area contributed by atoms with Crippen molar-refractivity contribution in [1.29, 1.82) is 0 Å². The van der Waals surface area contributed by atoms with E-state index in [2.05, 4.69) is 0 Å². The van der Waals surface area contributed by atoms with Gasteiger partial charge in [0.25, 0.3) is 0 Å². The van der Waals surface area contributed by atoms with Gasteiger partial charge in [-0.1, -0.05) is 0 Å². The Morgan fingerprint density at radius 3 is 2.55 bits per heavy atom. The molecular weight excluding hydrogens is 160 g/mol. The Balaban J connectivity index is 3.60. The Kier molecular flexibility index (Phi) is 6.66. The third-order valence-corrected chi connectivity index (χ3v) is 2.37. The summed E-state index contributed by atoms with van der Waals surface area (Å²) in [7, 11) is 0. The average molecular weight is 176 g/mol. The van der Waals surface area contributed by atoms with Crippen molar-refractivity contribution in [2.24, 2.45) is 5.92 Å². The van der Waals surface area contributed by atoms with Gasteiger partial charge in [-0.25, -0.2) is 0 Å². The summed E-state index contributed by atoms with van der Waals surface area (Å²) in [5, 5.41) is 8.63. The first-order chi connectivity index (χ1) is 5.22. The van der Waals surface area contributed by atoms with E-state index in [9.17, 15) is 4.79 Å². The summed E-state index contributed by atoms with van der Waals surface area (Å²) in [6, 6.07) is 0. The smallest absolute Gasteiger partial charge is 0.133 e. The molecule has 2 nitrogen and oxygen atoms in total. The Morgan fingerprint density at radius 1 is 1.55 bits per heavy atom. The molecule has 1 N–H and O–H groups in total. The summed E-state index contributed by atoms with van der Waals surface area (Å²) in [6.45, 7) is 1.72. The minimum atomic E-state index is 0.0763. The van der Waals surface area contributed by atoms with Crippen molar-refractivity contribution < 1.29 is 9.90 Å². The summed E-state index contributed by atoms with van der Waals surface area (Å²) in [4.78, 5) is 10.9. The molecule has 66 valence electrons. The number of aliphatic hydroxyl groups excluding tert-OH is 1. The average Bonchev–Trinajstić information content (AvgIpc) is 1.97. The predicted octanol–water partition coefficient (Wildman–Crippen LogP) is 1.33. The molecule has 1 atom stereocenters. The molecule has 0 aromatic rings. The maximum atomic E-state index is 10.9. The predicted molar refractivity (Wildman–Crippen MR) is 48.9 cm³/mol. The molecular formula is C8H16O2S. The zero-order valence-electron chi connectivity index (χ0n) is 7.17. The maximum absolute atomic E-state index is 10.9. The van der Waals surface area contributed by atoms with Gasteiger partial charge in [-0.05, 0) is 31.8 Å². The third kappa shape index (κ3) is 5.27. The molecule has 11 heavy (non-hydrogen) atoms. The monoisotopic (exact) mass is 176 g/mol. The van der Waals surface area contributed by atoms with Crippen LogP contribution in [0.25, 0.3) is 0 Å². The lowest BCUT2D eigenvalue weighted by atomic mass is 9.99. The standard InChI is InChI=1S/C8H16O2S/c1-7(10)8(3-5-9)4-6-11-2/h8-9H,3-6H2,1-2H3. The van der Waals surface area contributed by atoms with E-state index < -0.39 is 0 Å². The largest absolute Gasteiger partial charge is 0.396 e. The maximum Gasteiger partial charge on any atom is 0.133 e. The molecule has 3 heteroatoms. The Labute approximate surface area is 72.4 Å². The van der Waals surface area contributed by atoms with Crippen LogP contribution in [-0.4, -0.2) is 29.5 Å². The van der Waals surface area contributed by atoms with E-state index in [1.54, 1.807) is 18.7 Å². The highest BCUT2D eigenvalue weighted by Gasteiger charge is 2.11. The van der Waals surface area contributed by atoms with Gasteiger partial charge in [0.05, 0.1) is 0 Å². The van der Waals surface area contributed by atoms with Gasteiger partial charge < -0.3 is 5.11 Å². The Morgan fingerprint density at radius 2 is 2.18 bits per heavy atom. The fourth-order valence-electron chi connectivity index (χ4n) is 0.967. The van der Waals surface area contributed by atoms with Crippen LogP contribution in [0.2, 0.25) is 0 Å². The third-order valence-electron chi connectivity index (χ3n) is 1.72. The number of ketones is 1. The molecule has 0 radical (unpaired) electrons. The molecule has 0 aliphatic heterocycles. The number of carbonyl (C=O) groups is 1. The van der Waals surface area contributed by atoms with Crippen molar-refractivity contribution in [1.82, 2.24) is 0 Å². The second-order valence-electron chi connectivity index (χ2n) is 2.60. The van der Waals surface area contributed by atoms with E-state index in [0.29, 0.717) is 6.42 Å². The number of rotatable bonds is 6. The second-order valence-corrected chi connectivity index (χ2v) is 3.59. The molecule has 0 heterocycles. The highest BCUT2D eigenvalue weighted by molar-refractivity contribution is 7.98. The summed E-state index contributed by atoms with van der Waals surface area (Å²) >= 11 is 1.74. The molecule has 0 aliphatic rings. The van der Waals surface area contributed by atoms with Crippen LogP contribution >= 0.6 is 11.8 Å². The SMILES string of the molecule is CSCCC(CCO)C(C)=O. The molecule has 0 rings (SSSR count). The van der Waals surface area contributed by atoms with Gasteiger partial charge >= 0.3 is 0 Å². The van der Waals surface area contributed by atoms with Gasteiger partial charge in [0.1, 0.15) is 5.78 Å². The highest BCUT2D eigenvalue weighted by atomic mass is 32.2. The normalized spacial score (nSPS) is 13.0. The summed E-state index contributed by atoms with van der Waals surface area (Å²) in [5.74, 6) is 1.28. The number of carbonyl (C=O) groups excluding carboxylic acids is 1. The lowest BCUT2D eigenvalue weighted by Gasteiger charge is -2.10. The van der Waals surface area contributed by atoms with E-state index >= 15 is 0 Å². The number of hydrogen-bond acceptors (Lipinski definition) is 3. The quantitative estimate of drug-likeness (QED) is 0.663. The van der Waals surface area contributed by atoms with Crippen LogP contribution in [0.15, 0.2) is 0 Å². The van der Waals surface area contributed by atoms with E-state index in [1.165, 1.54) is 0 Å². The van der Waals surface area contributed by atoms with Gasteiger partial charge in [0, 0.05) is 12.5 Å². The fraction of sp³-hybridized carbons (Fsp3) is 0.875. The van der Waals surface area contributed by atoms with Crippen LogP contribution in [0.1, 0.15) is 19.8 Å². The van der Waals surface area contributed by atoms with Crippen molar-refractivity contribution in [3.05, 3.63) is 0 Å². The lowest BCUT2D eigenvalue weighted by molar-refractivity contribution is -0.121. The lowest BCUT2D eigenvalue weighted by Crippen LogP contribution is -2.13. The van der Waals surface area contributed by atoms with Crippen LogP contribution in [0.5, 0.6) is 0 Å². The van der Waals surface area contributed by atoms with Crippen molar-refractivity contribution in [3.63, 3.8) is 0 Å². The Hall–Kier alpha value is -0.0200. The van der Waals surface area contributed by atoms with Crippen molar-refractivity contribution in [2.45, 2.75) is 19.8 Å². The van der Waals surface area contributed by atoms with Crippen LogP contribution in [0.3, 0.4) is 0 Å². The fourth-order valence-corrected chi connectivity index (χ4v) is 1.49. The van der Waals surface area contributed by atoms with E-state index in [-0.39, 0.29) is 18.3 Å². The van der Waals surface area contributed by atoms with Crippen LogP contribution in [0.4, 0.5) is 0 Å². The van der Waals surface area contributed by atoms with E-state index in [0.717, 1.165) is 12.2 Å². The molecule has 0 bridgehead atoms. The van der Waals surface area contributed by atoms with Gasteiger partial charge in [-0.15, -0.1) is 0 Å². The number of Topliss-reactive ketones (excluding diaryl/α,β-unsaturated/α-hetero) is 1. The first kappa shape index (κ1) is 11.0. The summed E-state index contributed by atoms with van der Waals surface area (Å²) < 4.78 is 0. The molecule has 0 aromatic carbocycles. The first-order valence-corrected chi connectivity index (χ1v) is 5.22. The van der Waals surface area contributed by atoms with Crippen molar-refractivity contribution in [2.75, 3.05) is 18.6 Å². The minimum absolute atomic E-state index is 0.0763. The zero-order chi connectivity index (χ0) is 8.69. The van der Waals surface area contributed by atoms with Gasteiger partial charge in [0.2, 0.25) is 0 Å². The van der Waals surface area contributed by atoms with E-state index in [4.69, 9.17) is 5.11 Å². The topological polar surface area (TPSA) is 37.3 Å². The molecule has 0 saturated carbocycles. The molecule has 0 aliphatic carbocycles. The van der Waals surface area contributed by atoms with Gasteiger partial charge in [0.15, 0.2) is 0 Å². The number of hydrogen-bond donors (Lipinski definition) is 1. The van der Waals surface area contributed by atoms with E-state index in [1.807, 2.05) is 6.26 Å². The zero-order valence-corrected chi connectivity index (χ0v) is 7.99. The molecule has 0 amide bonds. The molecule has 0 saturated heterocycles. The molecule has 0 fully saturated rings. The van der Waals surface area contributed by atoms with Crippen molar-refractivity contribution >= 4 is 17.5 Å². The first-order valence-electron chi connectivity index (χ1n) is 3.82. The second kappa shape index (κ2) is 6.68. The minimum Gasteiger partial charge on any atom is -0.396 e. The summed E-state index contributed by atoms with van der Waals surface area (Å²) in [6.07, 6.45) is 3.54. The summed E-state index contributed by atoms with van der Waals surface area (Å²) in [5.41, 5.74) is 0.